The van der Waals surface area contributed by atoms with Crippen LogP contribution in [0, 0.1) is 0 Å². The zero-order chi connectivity index (χ0) is 24.2. The highest BCUT2D eigenvalue weighted by atomic mass is 16.5. The van der Waals surface area contributed by atoms with Crippen LogP contribution in [-0.4, -0.2) is 35.6 Å². The molecule has 0 aliphatic carbocycles. The van der Waals surface area contributed by atoms with Gasteiger partial charge in [-0.15, -0.1) is 0 Å². The molecular formula is C31H34N2O2. The molecule has 0 bridgehead atoms. The fourth-order valence-corrected chi connectivity index (χ4v) is 5.46. The van der Waals surface area contributed by atoms with Crippen molar-refractivity contribution in [1.29, 1.82) is 0 Å². The van der Waals surface area contributed by atoms with Crippen LogP contribution >= 0.6 is 0 Å². The van der Waals surface area contributed by atoms with Crippen LogP contribution in [0.3, 0.4) is 0 Å². The Hall–Kier alpha value is -3.53. The minimum absolute atomic E-state index is 0.104. The Balaban J connectivity index is 1.54. The van der Waals surface area contributed by atoms with Crippen LogP contribution in [0.15, 0.2) is 85.1 Å². The fourth-order valence-electron chi connectivity index (χ4n) is 5.46. The van der Waals surface area contributed by atoms with Crippen molar-refractivity contribution in [2.24, 2.45) is 0 Å². The summed E-state index contributed by atoms with van der Waals surface area (Å²) >= 11 is 0. The van der Waals surface area contributed by atoms with Crippen molar-refractivity contribution in [3.63, 3.8) is 0 Å². The van der Waals surface area contributed by atoms with Gasteiger partial charge in [-0.05, 0) is 53.6 Å². The number of nitrogens with zero attached hydrogens (tertiary/aromatic N) is 2. The van der Waals surface area contributed by atoms with Crippen LogP contribution < -0.4 is 4.74 Å². The lowest BCUT2D eigenvalue weighted by Gasteiger charge is -2.26. The molecule has 1 aliphatic rings. The van der Waals surface area contributed by atoms with Gasteiger partial charge in [0, 0.05) is 49.1 Å². The van der Waals surface area contributed by atoms with Crippen LogP contribution in [0.5, 0.6) is 5.75 Å². The van der Waals surface area contributed by atoms with Crippen LogP contribution in [-0.2, 0) is 11.3 Å². The maximum absolute atomic E-state index is 13.4. The lowest BCUT2D eigenvalue weighted by molar-refractivity contribution is -0.130. The standard InChI is InChI=1S/C31H34N2O2/c1-23(25-10-4-3-5-11-25)28(20-31(34)32-18-8-9-19-32)29-22-33(30-13-7-6-12-27(29)30)21-24-14-16-26(35-2)17-15-24/h3-7,10-17,22-23,28H,8-9,18-21H2,1-2H3/t23-,28-/m0/s1. The predicted octanol–water partition coefficient (Wildman–Crippen LogP) is 6.60. The van der Waals surface area contributed by atoms with Crippen molar-refractivity contribution < 1.29 is 9.53 Å². The molecule has 1 aliphatic heterocycles. The van der Waals surface area contributed by atoms with E-state index in [0.29, 0.717) is 6.42 Å². The molecule has 180 valence electrons. The van der Waals surface area contributed by atoms with Crippen LogP contribution in [0.25, 0.3) is 10.9 Å². The van der Waals surface area contributed by atoms with E-state index in [1.165, 1.54) is 27.6 Å². The van der Waals surface area contributed by atoms with E-state index in [0.717, 1.165) is 38.2 Å². The summed E-state index contributed by atoms with van der Waals surface area (Å²) < 4.78 is 7.66. The molecule has 0 N–H and O–H groups in total. The molecule has 35 heavy (non-hydrogen) atoms. The minimum Gasteiger partial charge on any atom is -0.497 e. The van der Waals surface area contributed by atoms with E-state index in [4.69, 9.17) is 4.74 Å². The van der Waals surface area contributed by atoms with E-state index in [2.05, 4.69) is 89.3 Å². The Bertz CT molecular complexity index is 1270. The fraction of sp³-hybridized carbons (Fsp3) is 0.323. The number of likely N-dealkylation sites (tertiary alicyclic amines) is 1. The second kappa shape index (κ2) is 10.4. The van der Waals surface area contributed by atoms with Gasteiger partial charge >= 0.3 is 0 Å². The molecule has 2 atom stereocenters. The molecule has 1 saturated heterocycles. The summed E-state index contributed by atoms with van der Waals surface area (Å²) in [6.45, 7) is 4.83. The third kappa shape index (κ3) is 4.97. The summed E-state index contributed by atoms with van der Waals surface area (Å²) in [5.74, 6) is 1.47. The number of carbonyl (C=O) groups is 1. The normalized spacial score (nSPS) is 15.3. The average Bonchev–Trinajstić information content (AvgIpc) is 3.57. The van der Waals surface area contributed by atoms with Gasteiger partial charge in [-0.3, -0.25) is 4.79 Å². The monoisotopic (exact) mass is 466 g/mol. The van der Waals surface area contributed by atoms with E-state index in [1.807, 2.05) is 12.1 Å². The van der Waals surface area contributed by atoms with E-state index >= 15 is 0 Å². The average molecular weight is 467 g/mol. The first-order valence-electron chi connectivity index (χ1n) is 12.7. The van der Waals surface area contributed by atoms with Crippen LogP contribution in [0.1, 0.15) is 54.7 Å². The Morgan fingerprint density at radius 1 is 0.914 bits per heavy atom. The van der Waals surface area contributed by atoms with E-state index in [-0.39, 0.29) is 17.7 Å². The maximum Gasteiger partial charge on any atom is 0.223 e. The molecule has 3 aromatic carbocycles. The largest absolute Gasteiger partial charge is 0.497 e. The number of hydrogen-bond acceptors (Lipinski definition) is 2. The minimum atomic E-state index is 0.104. The molecular weight excluding hydrogens is 432 g/mol. The van der Waals surface area contributed by atoms with Gasteiger partial charge in [0.25, 0.3) is 0 Å². The second-order valence-corrected chi connectivity index (χ2v) is 9.68. The zero-order valence-electron chi connectivity index (χ0n) is 20.7. The first kappa shape index (κ1) is 23.2. The molecule has 0 saturated carbocycles. The summed E-state index contributed by atoms with van der Waals surface area (Å²) in [7, 11) is 1.69. The van der Waals surface area contributed by atoms with Gasteiger partial charge in [-0.2, -0.15) is 0 Å². The molecule has 0 unspecified atom stereocenters. The van der Waals surface area contributed by atoms with E-state index < -0.39 is 0 Å². The number of methoxy groups -OCH3 is 1. The third-order valence-electron chi connectivity index (χ3n) is 7.51. The number of carbonyl (C=O) groups excluding carboxylic acids is 1. The van der Waals surface area contributed by atoms with E-state index in [9.17, 15) is 4.79 Å². The molecule has 5 rings (SSSR count). The second-order valence-electron chi connectivity index (χ2n) is 9.68. The van der Waals surface area contributed by atoms with Crippen molar-refractivity contribution in [2.75, 3.05) is 20.2 Å². The van der Waals surface area contributed by atoms with Gasteiger partial charge in [-0.1, -0.05) is 67.6 Å². The molecule has 4 heteroatoms. The van der Waals surface area contributed by atoms with E-state index in [1.54, 1.807) is 7.11 Å². The van der Waals surface area contributed by atoms with Crippen LogP contribution in [0.4, 0.5) is 0 Å². The summed E-state index contributed by atoms with van der Waals surface area (Å²) in [6, 6.07) is 27.5. The highest BCUT2D eigenvalue weighted by molar-refractivity contribution is 5.86. The van der Waals surface area contributed by atoms with Crippen molar-refractivity contribution in [2.45, 2.75) is 44.6 Å². The van der Waals surface area contributed by atoms with Gasteiger partial charge in [0.2, 0.25) is 5.91 Å². The predicted molar refractivity (Wildman–Crippen MR) is 142 cm³/mol. The molecule has 4 nitrogen and oxygen atoms in total. The summed E-state index contributed by atoms with van der Waals surface area (Å²) in [5, 5.41) is 1.24. The Morgan fingerprint density at radius 3 is 2.31 bits per heavy atom. The maximum atomic E-state index is 13.4. The number of para-hydroxylation sites is 1. The Kier molecular flexibility index (Phi) is 6.89. The molecule has 2 heterocycles. The molecule has 0 radical (unpaired) electrons. The Morgan fingerprint density at radius 2 is 1.60 bits per heavy atom. The van der Waals surface area contributed by atoms with Gasteiger partial charge in [-0.25, -0.2) is 0 Å². The first-order valence-corrected chi connectivity index (χ1v) is 12.7. The number of hydrogen-bond donors (Lipinski definition) is 0. The molecule has 0 spiro atoms. The van der Waals surface area contributed by atoms with Crippen molar-refractivity contribution in [1.82, 2.24) is 9.47 Å². The number of ether oxygens (including phenoxy) is 1. The molecule has 1 amide bonds. The van der Waals surface area contributed by atoms with Gasteiger partial charge in [0.05, 0.1) is 7.11 Å². The number of aromatic nitrogens is 1. The highest BCUT2D eigenvalue weighted by Crippen LogP contribution is 2.40. The van der Waals surface area contributed by atoms with Crippen molar-refractivity contribution in [3.8, 4) is 5.75 Å². The lowest BCUT2D eigenvalue weighted by Crippen LogP contribution is -2.29. The lowest BCUT2D eigenvalue weighted by atomic mass is 9.80. The molecule has 1 aromatic heterocycles. The summed E-state index contributed by atoms with van der Waals surface area (Å²) in [4.78, 5) is 15.4. The third-order valence-corrected chi connectivity index (χ3v) is 7.51. The van der Waals surface area contributed by atoms with Gasteiger partial charge in [0.15, 0.2) is 0 Å². The van der Waals surface area contributed by atoms with Gasteiger partial charge < -0.3 is 14.2 Å². The highest BCUT2D eigenvalue weighted by Gasteiger charge is 2.29. The number of amides is 1. The van der Waals surface area contributed by atoms with Crippen molar-refractivity contribution in [3.05, 3.63) is 102 Å². The van der Waals surface area contributed by atoms with Crippen molar-refractivity contribution >= 4 is 16.8 Å². The zero-order valence-corrected chi connectivity index (χ0v) is 20.7. The molecule has 1 fully saturated rings. The van der Waals surface area contributed by atoms with Crippen LogP contribution in [0.2, 0.25) is 0 Å². The van der Waals surface area contributed by atoms with Gasteiger partial charge in [0.1, 0.15) is 5.75 Å². The quantitative estimate of drug-likeness (QED) is 0.293. The molecule has 4 aromatic rings. The smallest absolute Gasteiger partial charge is 0.223 e. The Labute approximate surface area is 208 Å². The summed E-state index contributed by atoms with van der Waals surface area (Å²) in [5.41, 5.74) is 4.97. The number of fused-ring (bicyclic) bond motifs is 1. The topological polar surface area (TPSA) is 34.5 Å². The number of benzene rings is 3. The SMILES string of the molecule is COc1ccc(Cn2cc([C@@H](CC(=O)N3CCCC3)[C@@H](C)c3ccccc3)c3ccccc32)cc1. The number of rotatable bonds is 8. The first-order chi connectivity index (χ1) is 17.1. The summed E-state index contributed by atoms with van der Waals surface area (Å²) in [6.07, 6.45) is 5.06.